The molecule has 0 aliphatic rings. The van der Waals surface area contributed by atoms with Crippen LogP contribution < -0.4 is 0 Å². The summed E-state index contributed by atoms with van der Waals surface area (Å²) >= 11 is 0. The fraction of sp³-hybridized carbons (Fsp3) is 0.231. The molecule has 1 rings (SSSR count). The Balaban J connectivity index is 0. The molecule has 0 radical (unpaired) electrons. The molecule has 13 heavy (non-hydrogen) atoms. The van der Waals surface area contributed by atoms with Crippen molar-refractivity contribution in [1.29, 1.82) is 0 Å². The number of benzene rings is 1. The Bertz CT molecular complexity index is 219. The van der Waals surface area contributed by atoms with Gasteiger partial charge in [-0.05, 0) is 11.1 Å². The first kappa shape index (κ1) is 14.2. The largest absolute Gasteiger partial charge is 0.0984 e. The zero-order valence-corrected chi connectivity index (χ0v) is 7.88. The summed E-state index contributed by atoms with van der Waals surface area (Å²) in [5.74, 6) is 0. The van der Waals surface area contributed by atoms with E-state index < -0.39 is 0 Å². The van der Waals surface area contributed by atoms with Gasteiger partial charge >= 0.3 is 0 Å². The Morgan fingerprint density at radius 1 is 0.923 bits per heavy atom. The van der Waals surface area contributed by atoms with Crippen LogP contribution in [-0.2, 0) is 0 Å². The first-order valence-corrected chi connectivity index (χ1v) is 4.22. The molecule has 0 aliphatic heterocycles. The van der Waals surface area contributed by atoms with E-state index in [4.69, 9.17) is 0 Å². The lowest BCUT2D eigenvalue weighted by atomic mass is 10.1. The quantitative estimate of drug-likeness (QED) is 0.616. The van der Waals surface area contributed by atoms with E-state index in [2.05, 4.69) is 13.2 Å². The van der Waals surface area contributed by atoms with Crippen molar-refractivity contribution in [2.75, 3.05) is 0 Å². The molecule has 0 amide bonds. The Kier molecular flexibility index (Phi) is 9.63. The van der Waals surface area contributed by atoms with E-state index in [1.807, 2.05) is 50.3 Å². The Labute approximate surface area is 82.6 Å². The minimum absolute atomic E-state index is 0. The van der Waals surface area contributed by atoms with Gasteiger partial charge < -0.3 is 0 Å². The van der Waals surface area contributed by atoms with E-state index in [0.29, 0.717) is 0 Å². The molecule has 0 aromatic heterocycles. The fourth-order valence-electron chi connectivity index (χ4n) is 0.883. The highest BCUT2D eigenvalue weighted by molar-refractivity contribution is 5.63. The highest BCUT2D eigenvalue weighted by Crippen LogP contribution is 2.10. The highest BCUT2D eigenvalue weighted by atomic mass is 13.9. The molecule has 0 saturated heterocycles. The lowest BCUT2D eigenvalue weighted by Gasteiger charge is -1.96. The lowest BCUT2D eigenvalue weighted by molar-refractivity contribution is 1.50. The van der Waals surface area contributed by atoms with Crippen LogP contribution in [0.2, 0.25) is 0 Å². The van der Waals surface area contributed by atoms with E-state index >= 15 is 0 Å². The number of rotatable bonds is 2. The van der Waals surface area contributed by atoms with Gasteiger partial charge in [-0.2, -0.15) is 0 Å². The van der Waals surface area contributed by atoms with Gasteiger partial charge in [0.15, 0.2) is 0 Å². The summed E-state index contributed by atoms with van der Waals surface area (Å²) in [4.78, 5) is 0. The van der Waals surface area contributed by atoms with E-state index in [-0.39, 0.29) is 7.43 Å². The van der Waals surface area contributed by atoms with Crippen LogP contribution in [0.5, 0.6) is 0 Å². The van der Waals surface area contributed by atoms with E-state index in [1.165, 1.54) is 0 Å². The Hall–Kier alpha value is -1.30. The Morgan fingerprint density at radius 3 is 1.46 bits per heavy atom. The summed E-state index contributed by atoms with van der Waals surface area (Å²) in [7, 11) is 0. The van der Waals surface area contributed by atoms with Crippen molar-refractivity contribution in [3.05, 3.63) is 48.6 Å². The minimum Gasteiger partial charge on any atom is -0.0984 e. The van der Waals surface area contributed by atoms with Gasteiger partial charge in [-0.15, -0.1) is 0 Å². The van der Waals surface area contributed by atoms with Gasteiger partial charge in [0.2, 0.25) is 0 Å². The third kappa shape index (κ3) is 4.32. The van der Waals surface area contributed by atoms with E-state index in [9.17, 15) is 0 Å². The van der Waals surface area contributed by atoms with Crippen LogP contribution in [0.15, 0.2) is 37.4 Å². The van der Waals surface area contributed by atoms with Crippen LogP contribution in [0.3, 0.4) is 0 Å². The summed E-state index contributed by atoms with van der Waals surface area (Å²) in [6, 6.07) is 8.02. The molecule has 0 heteroatoms. The summed E-state index contributed by atoms with van der Waals surface area (Å²) in [6.07, 6.45) is 3.66. The molecule has 1 aromatic carbocycles. The van der Waals surface area contributed by atoms with Gasteiger partial charge in [-0.1, -0.05) is 70.8 Å². The number of hydrogen-bond donors (Lipinski definition) is 0. The predicted molar refractivity (Wildman–Crippen MR) is 64.7 cm³/mol. The van der Waals surface area contributed by atoms with Crippen LogP contribution in [0.1, 0.15) is 32.4 Å². The first-order chi connectivity index (χ1) is 5.88. The van der Waals surface area contributed by atoms with Gasteiger partial charge in [-0.25, -0.2) is 0 Å². The van der Waals surface area contributed by atoms with Crippen molar-refractivity contribution >= 4 is 12.2 Å². The van der Waals surface area contributed by atoms with Gasteiger partial charge in [0.1, 0.15) is 0 Å². The second kappa shape index (κ2) is 8.79. The molecule has 0 heterocycles. The molecular weight excluding hydrogens is 156 g/mol. The van der Waals surface area contributed by atoms with Crippen molar-refractivity contribution in [2.45, 2.75) is 21.3 Å². The van der Waals surface area contributed by atoms with Crippen molar-refractivity contribution < 1.29 is 0 Å². The molecule has 0 aliphatic carbocycles. The molecule has 0 atom stereocenters. The van der Waals surface area contributed by atoms with Crippen LogP contribution >= 0.6 is 0 Å². The van der Waals surface area contributed by atoms with Crippen molar-refractivity contribution in [2.24, 2.45) is 0 Å². The Morgan fingerprint density at radius 2 is 1.23 bits per heavy atom. The smallest absolute Gasteiger partial charge is 0.0190 e. The van der Waals surface area contributed by atoms with Crippen molar-refractivity contribution in [3.63, 3.8) is 0 Å². The monoisotopic (exact) mass is 176 g/mol. The van der Waals surface area contributed by atoms with Crippen LogP contribution in [0, 0.1) is 0 Å². The lowest BCUT2D eigenvalue weighted by Crippen LogP contribution is -1.76. The third-order valence-electron chi connectivity index (χ3n) is 1.44. The topological polar surface area (TPSA) is 0 Å². The standard InChI is InChI=1S/C10H10.C2H6.CH4/c1-3-9-7-5-6-8-10(9)4-2;1-2;/h3-8H,1-2H2;1-2H3;1H4. The van der Waals surface area contributed by atoms with Gasteiger partial charge in [0.05, 0.1) is 0 Å². The molecule has 1 aromatic rings. The van der Waals surface area contributed by atoms with Crippen LogP contribution in [0.4, 0.5) is 0 Å². The normalized spacial score (nSPS) is 7.23. The van der Waals surface area contributed by atoms with Crippen LogP contribution in [0.25, 0.3) is 12.2 Å². The van der Waals surface area contributed by atoms with E-state index in [1.54, 1.807) is 0 Å². The van der Waals surface area contributed by atoms with Gasteiger partial charge in [-0.3, -0.25) is 0 Å². The SMILES string of the molecule is C.C=Cc1ccccc1C=C.CC. The zero-order valence-electron chi connectivity index (χ0n) is 7.88. The van der Waals surface area contributed by atoms with Gasteiger partial charge in [0.25, 0.3) is 0 Å². The van der Waals surface area contributed by atoms with Crippen LogP contribution in [-0.4, -0.2) is 0 Å². The molecule has 72 valence electrons. The molecule has 0 nitrogen and oxygen atoms in total. The summed E-state index contributed by atoms with van der Waals surface area (Å²) in [5, 5.41) is 0. The molecule has 0 saturated carbocycles. The molecular formula is C13H20. The molecule has 0 unspecified atom stereocenters. The minimum atomic E-state index is 0. The predicted octanol–water partition coefficient (Wildman–Crippen LogP) is 4.63. The fourth-order valence-corrected chi connectivity index (χ4v) is 0.883. The molecule has 0 fully saturated rings. The second-order valence-electron chi connectivity index (χ2n) is 2.04. The van der Waals surface area contributed by atoms with E-state index in [0.717, 1.165) is 11.1 Å². The average molecular weight is 176 g/mol. The summed E-state index contributed by atoms with van der Waals surface area (Å²) in [6.45, 7) is 11.4. The van der Waals surface area contributed by atoms with Gasteiger partial charge in [0, 0.05) is 0 Å². The first-order valence-electron chi connectivity index (χ1n) is 4.22. The average Bonchev–Trinajstić information content (AvgIpc) is 2.20. The molecule has 0 bridgehead atoms. The summed E-state index contributed by atoms with van der Waals surface area (Å²) < 4.78 is 0. The van der Waals surface area contributed by atoms with Crippen molar-refractivity contribution in [3.8, 4) is 0 Å². The maximum atomic E-state index is 3.69. The summed E-state index contributed by atoms with van der Waals surface area (Å²) in [5.41, 5.74) is 2.27. The zero-order chi connectivity index (χ0) is 9.40. The molecule has 0 spiro atoms. The third-order valence-corrected chi connectivity index (χ3v) is 1.44. The maximum absolute atomic E-state index is 3.69. The highest BCUT2D eigenvalue weighted by Gasteiger charge is 1.89. The van der Waals surface area contributed by atoms with Crippen molar-refractivity contribution in [1.82, 2.24) is 0 Å². The number of hydrogen-bond acceptors (Lipinski definition) is 0. The maximum Gasteiger partial charge on any atom is -0.0190 e. The molecule has 0 N–H and O–H groups in total. The second-order valence-corrected chi connectivity index (χ2v) is 2.04.